The molecule has 0 radical (unpaired) electrons. The molecule has 0 saturated carbocycles. The summed E-state index contributed by atoms with van der Waals surface area (Å²) in [6, 6.07) is 29.6. The lowest BCUT2D eigenvalue weighted by Crippen LogP contribution is -2.40. The van der Waals surface area contributed by atoms with Crippen molar-refractivity contribution in [2.75, 3.05) is 13.6 Å². The predicted molar refractivity (Wildman–Crippen MR) is 102 cm³/mol. The number of esters is 1. The first-order valence-electron chi connectivity index (χ1n) is 9.24. The molecule has 3 aromatic carbocycles. The fourth-order valence-corrected chi connectivity index (χ4v) is 3.71. The molecular formula is C23H21NO2. The van der Waals surface area contributed by atoms with Gasteiger partial charge in [0.2, 0.25) is 0 Å². The van der Waals surface area contributed by atoms with Gasteiger partial charge in [0, 0.05) is 7.89 Å². The van der Waals surface area contributed by atoms with Crippen LogP contribution in [-0.2, 0) is 15.1 Å². The van der Waals surface area contributed by atoms with Crippen LogP contribution in [-0.4, -0.2) is 30.5 Å². The van der Waals surface area contributed by atoms with E-state index < -0.39 is 18.1 Å². The minimum atomic E-state index is -0.741. The summed E-state index contributed by atoms with van der Waals surface area (Å²) >= 11 is 0. The highest BCUT2D eigenvalue weighted by atomic mass is 16.5. The van der Waals surface area contributed by atoms with Gasteiger partial charge < -0.3 is 4.74 Å². The van der Waals surface area contributed by atoms with Crippen LogP contribution in [0, 0.1) is 0 Å². The quantitative estimate of drug-likeness (QED) is 0.400. The fraction of sp³-hybridized carbons (Fsp3) is 0.174. The van der Waals surface area contributed by atoms with Gasteiger partial charge in [-0.05, 0) is 16.7 Å². The third-order valence-corrected chi connectivity index (χ3v) is 4.92. The molecule has 3 nitrogen and oxygen atoms in total. The summed E-state index contributed by atoms with van der Waals surface area (Å²) in [5.74, 6) is -0.373. The Kier molecular flexibility index (Phi) is 4.00. The Balaban J connectivity index is 2.01. The molecule has 3 heteroatoms. The highest BCUT2D eigenvalue weighted by molar-refractivity contribution is 5.80. The van der Waals surface area contributed by atoms with Gasteiger partial charge in [0.1, 0.15) is 6.04 Å². The number of benzene rings is 3. The minimum absolute atomic E-state index is 0.373. The Morgan fingerprint density at radius 3 is 1.62 bits per heavy atom. The summed E-state index contributed by atoms with van der Waals surface area (Å²) in [7, 11) is 1.38. The second-order valence-corrected chi connectivity index (χ2v) is 6.33. The van der Waals surface area contributed by atoms with Crippen molar-refractivity contribution in [3.05, 3.63) is 108 Å². The van der Waals surface area contributed by atoms with E-state index in [2.05, 4.69) is 36.4 Å². The van der Waals surface area contributed by atoms with Crippen LogP contribution in [0.2, 0.25) is 0 Å². The van der Waals surface area contributed by atoms with Crippen molar-refractivity contribution in [2.45, 2.75) is 11.6 Å². The van der Waals surface area contributed by atoms with Crippen LogP contribution in [0.4, 0.5) is 0 Å². The van der Waals surface area contributed by atoms with Crippen LogP contribution < -0.4 is 0 Å². The summed E-state index contributed by atoms with van der Waals surface area (Å²) in [5.41, 5.74) is 2.32. The van der Waals surface area contributed by atoms with Crippen molar-refractivity contribution in [1.82, 2.24) is 4.90 Å². The third-order valence-electron chi connectivity index (χ3n) is 4.92. The molecule has 26 heavy (non-hydrogen) atoms. The molecule has 0 N–H and O–H groups in total. The number of methoxy groups -OCH3 is 1. The number of carbonyl (C=O) groups is 1. The number of ether oxygens (including phenoxy) is 1. The monoisotopic (exact) mass is 344 g/mol. The highest BCUT2D eigenvalue weighted by Gasteiger charge is 2.56. The third kappa shape index (κ3) is 2.61. The largest absolute Gasteiger partial charge is 0.468 e. The van der Waals surface area contributed by atoms with E-state index in [9.17, 15) is 4.79 Å². The molecule has 1 unspecified atom stereocenters. The lowest BCUT2D eigenvalue weighted by atomic mass is 9.76. The average molecular weight is 344 g/mol. The first-order valence-corrected chi connectivity index (χ1v) is 8.66. The van der Waals surface area contributed by atoms with E-state index in [1.165, 1.54) is 7.11 Å². The first kappa shape index (κ1) is 15.4. The van der Waals surface area contributed by atoms with Crippen molar-refractivity contribution < 1.29 is 10.9 Å². The highest BCUT2D eigenvalue weighted by Crippen LogP contribution is 2.48. The average Bonchev–Trinajstić information content (AvgIpc) is 3.41. The second-order valence-electron chi connectivity index (χ2n) is 6.33. The molecule has 1 aliphatic heterocycles. The van der Waals surface area contributed by atoms with Crippen molar-refractivity contribution in [3.8, 4) is 0 Å². The maximum atomic E-state index is 12.4. The summed E-state index contributed by atoms with van der Waals surface area (Å²) in [6.45, 7) is -0.668. The Morgan fingerprint density at radius 1 is 0.885 bits per heavy atom. The normalized spacial score (nSPS) is 22.3. The lowest BCUT2D eigenvalue weighted by Gasteiger charge is -2.38. The van der Waals surface area contributed by atoms with Crippen LogP contribution in [0.15, 0.2) is 91.0 Å². The molecule has 1 fully saturated rings. The topological polar surface area (TPSA) is 29.3 Å². The van der Waals surface area contributed by atoms with E-state index in [0.29, 0.717) is 0 Å². The van der Waals surface area contributed by atoms with Gasteiger partial charge in [-0.1, -0.05) is 91.0 Å². The zero-order chi connectivity index (χ0) is 18.9. The van der Waals surface area contributed by atoms with Crippen LogP contribution in [0.25, 0.3) is 0 Å². The number of nitrogens with zero attached hydrogens (tertiary/aromatic N) is 1. The Hall–Kier alpha value is -2.91. The lowest BCUT2D eigenvalue weighted by molar-refractivity contribution is -0.141. The van der Waals surface area contributed by atoms with Gasteiger partial charge >= 0.3 is 5.97 Å². The van der Waals surface area contributed by atoms with Crippen molar-refractivity contribution in [3.63, 3.8) is 0 Å². The molecule has 0 aromatic heterocycles. The molecule has 0 spiro atoms. The zero-order valence-electron chi connectivity index (χ0n) is 15.6. The molecule has 1 aliphatic rings. The Bertz CT molecular complexity index is 818. The van der Waals surface area contributed by atoms with Gasteiger partial charge in [0.15, 0.2) is 0 Å². The van der Waals surface area contributed by atoms with Gasteiger partial charge in [0.05, 0.1) is 12.6 Å². The first-order chi connectivity index (χ1) is 13.2. The smallest absolute Gasteiger partial charge is 0.324 e. The van der Waals surface area contributed by atoms with Gasteiger partial charge in [-0.25, -0.2) is 0 Å². The summed E-state index contributed by atoms with van der Waals surface area (Å²) in [5, 5.41) is 0. The van der Waals surface area contributed by atoms with E-state index >= 15 is 0 Å². The molecule has 1 heterocycles. The van der Waals surface area contributed by atoms with E-state index in [0.717, 1.165) is 16.7 Å². The van der Waals surface area contributed by atoms with Crippen LogP contribution in [0.1, 0.15) is 18.1 Å². The summed E-state index contributed by atoms with van der Waals surface area (Å²) in [4.78, 5) is 14.3. The second kappa shape index (κ2) is 6.77. The summed E-state index contributed by atoms with van der Waals surface area (Å²) in [6.07, 6.45) is 0. The number of rotatable bonds is 5. The van der Waals surface area contributed by atoms with Crippen LogP contribution in [0.5, 0.6) is 0 Å². The maximum absolute atomic E-state index is 12.4. The Morgan fingerprint density at radius 2 is 1.27 bits per heavy atom. The van der Waals surface area contributed by atoms with E-state index in [1.54, 1.807) is 0 Å². The molecule has 3 atom stereocenters. The van der Waals surface area contributed by atoms with Crippen molar-refractivity contribution >= 4 is 5.97 Å². The maximum Gasteiger partial charge on any atom is 0.324 e. The predicted octanol–water partition coefficient (Wildman–Crippen LogP) is 3.84. The van der Waals surface area contributed by atoms with Crippen molar-refractivity contribution in [1.29, 1.82) is 0 Å². The molecule has 0 aliphatic carbocycles. The minimum Gasteiger partial charge on any atom is -0.468 e. The van der Waals surface area contributed by atoms with Gasteiger partial charge in [-0.2, -0.15) is 0 Å². The fourth-order valence-electron chi connectivity index (χ4n) is 3.71. The zero-order valence-corrected chi connectivity index (χ0v) is 14.6. The molecular weight excluding hydrogens is 322 g/mol. The Labute approximate surface area is 155 Å². The van der Waals surface area contributed by atoms with Crippen LogP contribution >= 0.6 is 0 Å². The number of carbonyl (C=O) groups excluding carboxylic acids is 1. The summed E-state index contributed by atoms with van der Waals surface area (Å²) < 4.78 is 13.5. The van der Waals surface area contributed by atoms with Gasteiger partial charge in [-0.3, -0.25) is 9.69 Å². The number of hydrogen-bond donors (Lipinski definition) is 0. The van der Waals surface area contributed by atoms with E-state index in [1.807, 2.05) is 59.5 Å². The molecule has 0 amide bonds. The molecule has 0 bridgehead atoms. The van der Waals surface area contributed by atoms with Gasteiger partial charge in [-0.15, -0.1) is 0 Å². The molecule has 1 saturated heterocycles. The SMILES string of the molecule is [2H][C@@H]1[C@@H](C(=O)OC)N1C(c1ccccc1)(c1ccccc1)c1ccccc1. The molecule has 4 rings (SSSR count). The van der Waals surface area contributed by atoms with Crippen LogP contribution in [0.3, 0.4) is 0 Å². The molecule has 3 aromatic rings. The standard InChI is InChI=1S/C23H21NO2/c1-26-22(25)21-17-24(21)23(18-11-5-2-6-12-18,19-13-7-3-8-14-19)20-15-9-4-10-16-20/h2-16,21H,17H2,1H3/t21-,24?/m0/s1/i17D/t17-,21+,24?/m1. The number of hydrogen-bond acceptors (Lipinski definition) is 3. The van der Waals surface area contributed by atoms with E-state index in [4.69, 9.17) is 6.11 Å². The van der Waals surface area contributed by atoms with Gasteiger partial charge in [0.25, 0.3) is 0 Å². The van der Waals surface area contributed by atoms with E-state index in [-0.39, 0.29) is 5.97 Å². The van der Waals surface area contributed by atoms with Crippen molar-refractivity contribution in [2.24, 2.45) is 0 Å². The molecule has 130 valence electrons.